The van der Waals surface area contributed by atoms with E-state index >= 15 is 0 Å². The highest BCUT2D eigenvalue weighted by molar-refractivity contribution is 6.28. The fourth-order valence-electron chi connectivity index (χ4n) is 3.52. The zero-order chi connectivity index (χ0) is 19.1. The quantitative estimate of drug-likeness (QED) is 0.563. The number of hydrogen-bond acceptors (Lipinski definition) is 4. The van der Waals surface area contributed by atoms with Gasteiger partial charge in [0.15, 0.2) is 16.6 Å². The van der Waals surface area contributed by atoms with E-state index in [1.165, 1.54) is 11.1 Å². The summed E-state index contributed by atoms with van der Waals surface area (Å²) in [6.07, 6.45) is 3.01. The Balaban J connectivity index is 1.48. The molecule has 1 unspecified atom stereocenters. The third kappa shape index (κ3) is 3.06. The van der Waals surface area contributed by atoms with Gasteiger partial charge in [0.05, 0.1) is 6.04 Å². The molecule has 139 valence electrons. The summed E-state index contributed by atoms with van der Waals surface area (Å²) < 4.78 is 7.01. The molecule has 0 saturated carbocycles. The van der Waals surface area contributed by atoms with E-state index in [9.17, 15) is 0 Å². The van der Waals surface area contributed by atoms with E-state index in [4.69, 9.17) is 27.1 Å². The Morgan fingerprint density at radius 3 is 2.75 bits per heavy atom. The van der Waals surface area contributed by atoms with Gasteiger partial charge in [-0.2, -0.15) is 4.52 Å². The summed E-state index contributed by atoms with van der Waals surface area (Å²) in [4.78, 5) is 4.55. The summed E-state index contributed by atoms with van der Waals surface area (Å²) in [5, 5.41) is 9.49. The van der Waals surface area contributed by atoms with Gasteiger partial charge in [-0.1, -0.05) is 36.4 Å². The SMILES string of the molecule is Nc1cc(C2CC(c3ccccc3)=CC[N]2)cc2nc(-c3ccc(Cl)o3)nn12. The van der Waals surface area contributed by atoms with Crippen molar-refractivity contribution in [3.63, 3.8) is 0 Å². The van der Waals surface area contributed by atoms with Crippen molar-refractivity contribution in [3.05, 3.63) is 77.0 Å². The number of benzene rings is 1. The first-order valence-electron chi connectivity index (χ1n) is 9.00. The number of aromatic nitrogens is 3. The first kappa shape index (κ1) is 17.0. The van der Waals surface area contributed by atoms with Gasteiger partial charge in [0.25, 0.3) is 0 Å². The van der Waals surface area contributed by atoms with Crippen molar-refractivity contribution >= 4 is 28.6 Å². The maximum Gasteiger partial charge on any atom is 0.218 e. The molecule has 1 radical (unpaired) electrons. The molecule has 5 rings (SSSR count). The number of fused-ring (bicyclic) bond motifs is 1. The number of nitrogens with two attached hydrogens (primary N) is 1. The second-order valence-electron chi connectivity index (χ2n) is 6.70. The van der Waals surface area contributed by atoms with E-state index in [0.717, 1.165) is 12.0 Å². The van der Waals surface area contributed by atoms with Crippen LogP contribution in [0.5, 0.6) is 0 Å². The van der Waals surface area contributed by atoms with E-state index in [1.54, 1.807) is 16.6 Å². The highest BCUT2D eigenvalue weighted by Gasteiger charge is 2.21. The molecule has 0 bridgehead atoms. The summed E-state index contributed by atoms with van der Waals surface area (Å²) in [5.74, 6) is 1.46. The van der Waals surface area contributed by atoms with Crippen LogP contribution < -0.4 is 11.1 Å². The summed E-state index contributed by atoms with van der Waals surface area (Å²) in [6, 6.07) is 17.7. The minimum absolute atomic E-state index is 0.0331. The maximum absolute atomic E-state index is 6.25. The van der Waals surface area contributed by atoms with Crippen molar-refractivity contribution < 1.29 is 4.42 Å². The average molecular weight is 391 g/mol. The van der Waals surface area contributed by atoms with Gasteiger partial charge in [0.1, 0.15) is 5.82 Å². The van der Waals surface area contributed by atoms with Crippen LogP contribution in [0.4, 0.5) is 5.82 Å². The number of hydrogen-bond donors (Lipinski definition) is 1. The Morgan fingerprint density at radius 2 is 1.96 bits per heavy atom. The fraction of sp³-hybridized carbons (Fsp3) is 0.143. The number of pyridine rings is 1. The van der Waals surface area contributed by atoms with E-state index in [0.29, 0.717) is 34.8 Å². The largest absolute Gasteiger partial charge is 0.441 e. The Morgan fingerprint density at radius 1 is 1.11 bits per heavy atom. The van der Waals surface area contributed by atoms with Crippen LogP contribution in [0, 0.1) is 0 Å². The second kappa shape index (κ2) is 6.82. The fourth-order valence-corrected chi connectivity index (χ4v) is 3.67. The Kier molecular flexibility index (Phi) is 4.15. The van der Waals surface area contributed by atoms with Crippen LogP contribution in [0.25, 0.3) is 22.8 Å². The molecular weight excluding hydrogens is 374 g/mol. The lowest BCUT2D eigenvalue weighted by atomic mass is 9.92. The van der Waals surface area contributed by atoms with Gasteiger partial charge < -0.3 is 10.2 Å². The molecule has 1 aliphatic heterocycles. The molecule has 1 atom stereocenters. The lowest BCUT2D eigenvalue weighted by Gasteiger charge is -2.23. The molecule has 0 amide bonds. The summed E-state index contributed by atoms with van der Waals surface area (Å²) in [5.41, 5.74) is 10.5. The molecule has 4 heterocycles. The van der Waals surface area contributed by atoms with Crippen molar-refractivity contribution in [2.75, 3.05) is 12.3 Å². The Hall–Kier alpha value is -3.09. The minimum atomic E-state index is 0.0331. The molecule has 2 N–H and O–H groups in total. The van der Waals surface area contributed by atoms with Crippen molar-refractivity contribution in [1.82, 2.24) is 19.9 Å². The van der Waals surface area contributed by atoms with E-state index in [-0.39, 0.29) is 6.04 Å². The molecule has 28 heavy (non-hydrogen) atoms. The molecule has 1 aromatic carbocycles. The zero-order valence-electron chi connectivity index (χ0n) is 14.9. The molecule has 7 heteroatoms. The summed E-state index contributed by atoms with van der Waals surface area (Å²) >= 11 is 5.86. The minimum Gasteiger partial charge on any atom is -0.441 e. The molecule has 1 aliphatic rings. The average Bonchev–Trinajstić information content (AvgIpc) is 3.35. The maximum atomic E-state index is 6.25. The molecule has 0 spiro atoms. The van der Waals surface area contributed by atoms with Crippen LogP contribution in [-0.4, -0.2) is 21.1 Å². The Labute approximate surface area is 166 Å². The number of furan rings is 1. The number of halogens is 1. The number of rotatable bonds is 3. The number of anilines is 1. The molecule has 0 fully saturated rings. The number of nitrogen functional groups attached to an aromatic ring is 1. The molecule has 0 saturated heterocycles. The van der Waals surface area contributed by atoms with E-state index < -0.39 is 0 Å². The first-order valence-corrected chi connectivity index (χ1v) is 9.38. The van der Waals surface area contributed by atoms with Crippen LogP contribution in [-0.2, 0) is 0 Å². The Bertz CT molecular complexity index is 1180. The van der Waals surface area contributed by atoms with Crippen LogP contribution in [0.15, 0.2) is 65.1 Å². The second-order valence-corrected chi connectivity index (χ2v) is 7.08. The van der Waals surface area contributed by atoms with Gasteiger partial charge in [-0.15, -0.1) is 5.10 Å². The lowest BCUT2D eigenvalue weighted by Crippen LogP contribution is -2.20. The van der Waals surface area contributed by atoms with Crippen LogP contribution in [0.3, 0.4) is 0 Å². The van der Waals surface area contributed by atoms with Gasteiger partial charge in [-0.05, 0) is 59.0 Å². The molecule has 0 aliphatic carbocycles. The molecular formula is C21H17ClN5O. The van der Waals surface area contributed by atoms with Crippen LogP contribution in [0.1, 0.15) is 23.6 Å². The monoisotopic (exact) mass is 390 g/mol. The zero-order valence-corrected chi connectivity index (χ0v) is 15.7. The van der Waals surface area contributed by atoms with E-state index in [1.807, 2.05) is 18.2 Å². The molecule has 3 aromatic heterocycles. The van der Waals surface area contributed by atoms with E-state index in [2.05, 4.69) is 40.4 Å². The molecule has 6 nitrogen and oxygen atoms in total. The topological polar surface area (TPSA) is 83.5 Å². The summed E-state index contributed by atoms with van der Waals surface area (Å²) in [6.45, 7) is 0.683. The normalized spacial score (nSPS) is 17.0. The third-order valence-corrected chi connectivity index (χ3v) is 5.09. The van der Waals surface area contributed by atoms with Crippen molar-refractivity contribution in [1.29, 1.82) is 0 Å². The predicted molar refractivity (Wildman–Crippen MR) is 109 cm³/mol. The highest BCUT2D eigenvalue weighted by atomic mass is 35.5. The standard InChI is InChI=1S/C21H17ClN5O/c22-18-7-6-17(28-18)21-25-20-12-15(11-19(23)27(20)26-21)16-10-14(8-9-24-16)13-4-2-1-3-5-13/h1-8,11-12,16H,9-10,23H2. The van der Waals surface area contributed by atoms with Gasteiger partial charge in [-0.25, -0.2) is 10.3 Å². The summed E-state index contributed by atoms with van der Waals surface area (Å²) in [7, 11) is 0. The predicted octanol–water partition coefficient (Wildman–Crippen LogP) is 4.36. The van der Waals surface area contributed by atoms with Gasteiger partial charge in [0.2, 0.25) is 5.82 Å². The molecule has 4 aromatic rings. The third-order valence-electron chi connectivity index (χ3n) is 4.89. The van der Waals surface area contributed by atoms with Crippen molar-refractivity contribution in [3.8, 4) is 11.6 Å². The van der Waals surface area contributed by atoms with Crippen molar-refractivity contribution in [2.45, 2.75) is 12.5 Å². The van der Waals surface area contributed by atoms with Crippen molar-refractivity contribution in [2.24, 2.45) is 0 Å². The lowest BCUT2D eigenvalue weighted by molar-refractivity contribution is 0.551. The van der Waals surface area contributed by atoms with Crippen LogP contribution >= 0.6 is 11.6 Å². The van der Waals surface area contributed by atoms with Crippen LogP contribution in [0.2, 0.25) is 5.22 Å². The van der Waals surface area contributed by atoms with Gasteiger partial charge in [0, 0.05) is 6.54 Å². The number of nitrogens with zero attached hydrogens (tertiary/aromatic N) is 4. The first-order chi connectivity index (χ1) is 13.7. The van der Waals surface area contributed by atoms with Gasteiger partial charge in [-0.3, -0.25) is 0 Å². The smallest absolute Gasteiger partial charge is 0.218 e. The van der Waals surface area contributed by atoms with Gasteiger partial charge >= 0.3 is 0 Å². The highest BCUT2D eigenvalue weighted by Crippen LogP contribution is 2.33.